The van der Waals surface area contributed by atoms with Crippen LogP contribution in [0.25, 0.3) is 21.1 Å². The van der Waals surface area contributed by atoms with Gasteiger partial charge in [-0.1, -0.05) is 35.6 Å². The Morgan fingerprint density at radius 3 is 2.73 bits per heavy atom. The van der Waals surface area contributed by atoms with Gasteiger partial charge in [-0.25, -0.2) is 9.97 Å². The summed E-state index contributed by atoms with van der Waals surface area (Å²) in [5, 5.41) is 3.82. The molecule has 0 atom stereocenters. The molecular formula is C19H16N4O2S. The Hall–Kier alpha value is -3.06. The third-order valence-electron chi connectivity index (χ3n) is 4.23. The molecule has 1 amide bonds. The number of fused-ring (bicyclic) bond motifs is 2. The van der Waals surface area contributed by atoms with Gasteiger partial charge in [-0.05, 0) is 37.1 Å². The van der Waals surface area contributed by atoms with E-state index in [0.29, 0.717) is 16.0 Å². The molecule has 0 aliphatic carbocycles. The van der Waals surface area contributed by atoms with Crippen molar-refractivity contribution < 1.29 is 4.79 Å². The molecule has 0 aliphatic rings. The molecule has 2 heterocycles. The van der Waals surface area contributed by atoms with Crippen molar-refractivity contribution in [1.29, 1.82) is 0 Å². The SMILES string of the molecule is Cc1ccc(C)c2sc(NC(=O)Cn3cnc4ccccc4c3=O)nc12. The standard InChI is InChI=1S/C19H16N4O2S/c1-11-7-8-12(2)17-16(11)22-19(26-17)21-15(24)9-23-10-20-14-6-4-3-5-13(14)18(23)25/h3-8,10H,9H2,1-2H3,(H,21,22,24). The lowest BCUT2D eigenvalue weighted by atomic mass is 10.1. The Bertz CT molecular complexity index is 1170. The number of anilines is 1. The number of nitrogens with one attached hydrogen (secondary N) is 1. The number of nitrogens with zero attached hydrogens (tertiary/aromatic N) is 3. The molecule has 0 spiro atoms. The fourth-order valence-corrected chi connectivity index (χ4v) is 3.87. The average Bonchev–Trinajstić information content (AvgIpc) is 3.06. The van der Waals surface area contributed by atoms with Crippen LogP contribution in [-0.2, 0) is 11.3 Å². The molecule has 1 N–H and O–H groups in total. The summed E-state index contributed by atoms with van der Waals surface area (Å²) in [5.74, 6) is -0.307. The van der Waals surface area contributed by atoms with E-state index in [0.717, 1.165) is 21.3 Å². The number of aryl methyl sites for hydroxylation is 2. The van der Waals surface area contributed by atoms with Crippen molar-refractivity contribution in [2.45, 2.75) is 20.4 Å². The number of aromatic nitrogens is 3. The van der Waals surface area contributed by atoms with Crippen LogP contribution in [0.5, 0.6) is 0 Å². The van der Waals surface area contributed by atoms with E-state index in [4.69, 9.17) is 0 Å². The molecule has 26 heavy (non-hydrogen) atoms. The monoisotopic (exact) mass is 364 g/mol. The van der Waals surface area contributed by atoms with E-state index >= 15 is 0 Å². The minimum Gasteiger partial charge on any atom is -0.300 e. The third-order valence-corrected chi connectivity index (χ3v) is 5.34. The number of carbonyl (C=O) groups is 1. The fourth-order valence-electron chi connectivity index (χ4n) is 2.84. The zero-order valence-corrected chi connectivity index (χ0v) is 15.1. The minimum absolute atomic E-state index is 0.107. The number of para-hydroxylation sites is 1. The van der Waals surface area contributed by atoms with Gasteiger partial charge >= 0.3 is 0 Å². The van der Waals surface area contributed by atoms with Crippen molar-refractivity contribution >= 4 is 43.5 Å². The molecule has 4 rings (SSSR count). The molecule has 0 saturated carbocycles. The van der Waals surface area contributed by atoms with Crippen LogP contribution in [0, 0.1) is 13.8 Å². The van der Waals surface area contributed by atoms with Crippen LogP contribution in [-0.4, -0.2) is 20.4 Å². The normalized spacial score (nSPS) is 11.2. The van der Waals surface area contributed by atoms with E-state index in [1.165, 1.54) is 22.2 Å². The number of thiazole rings is 1. The first-order valence-electron chi connectivity index (χ1n) is 8.14. The summed E-state index contributed by atoms with van der Waals surface area (Å²) in [6.45, 7) is 3.91. The maximum atomic E-state index is 12.5. The predicted molar refractivity (Wildman–Crippen MR) is 104 cm³/mol. The van der Waals surface area contributed by atoms with E-state index in [9.17, 15) is 9.59 Å². The summed E-state index contributed by atoms with van der Waals surface area (Å²) in [6, 6.07) is 11.1. The summed E-state index contributed by atoms with van der Waals surface area (Å²) < 4.78 is 2.37. The highest BCUT2D eigenvalue weighted by Gasteiger charge is 2.12. The largest absolute Gasteiger partial charge is 0.300 e. The molecular weight excluding hydrogens is 348 g/mol. The van der Waals surface area contributed by atoms with Crippen molar-refractivity contribution in [3.63, 3.8) is 0 Å². The summed E-state index contributed by atoms with van der Waals surface area (Å²) in [6.07, 6.45) is 1.40. The van der Waals surface area contributed by atoms with Crippen LogP contribution in [0.15, 0.2) is 47.5 Å². The van der Waals surface area contributed by atoms with Gasteiger partial charge in [0.1, 0.15) is 6.54 Å². The van der Waals surface area contributed by atoms with Crippen molar-refractivity contribution in [3.8, 4) is 0 Å². The first-order chi connectivity index (χ1) is 12.5. The van der Waals surface area contributed by atoms with Crippen LogP contribution < -0.4 is 10.9 Å². The maximum absolute atomic E-state index is 12.5. The predicted octanol–water partition coefficient (Wildman–Crippen LogP) is 3.26. The number of amides is 1. The van der Waals surface area contributed by atoms with Crippen molar-refractivity contribution in [2.24, 2.45) is 0 Å². The summed E-state index contributed by atoms with van der Waals surface area (Å²) >= 11 is 1.44. The Labute approximate surface area is 153 Å². The van der Waals surface area contributed by atoms with Gasteiger partial charge in [0.05, 0.1) is 27.4 Å². The molecule has 0 unspecified atom stereocenters. The average molecular weight is 364 g/mol. The van der Waals surface area contributed by atoms with Gasteiger partial charge in [0.15, 0.2) is 5.13 Å². The van der Waals surface area contributed by atoms with Crippen LogP contribution in [0.2, 0.25) is 0 Å². The molecule has 0 fully saturated rings. The minimum atomic E-state index is -0.307. The lowest BCUT2D eigenvalue weighted by Crippen LogP contribution is -2.27. The van der Waals surface area contributed by atoms with E-state index in [1.54, 1.807) is 18.2 Å². The van der Waals surface area contributed by atoms with Crippen molar-refractivity contribution in [1.82, 2.24) is 14.5 Å². The second-order valence-corrected chi connectivity index (χ2v) is 7.14. The van der Waals surface area contributed by atoms with Crippen molar-refractivity contribution in [2.75, 3.05) is 5.32 Å². The Balaban J connectivity index is 1.60. The molecule has 7 heteroatoms. The lowest BCUT2D eigenvalue weighted by Gasteiger charge is -2.06. The second kappa shape index (κ2) is 6.34. The molecule has 6 nitrogen and oxygen atoms in total. The first-order valence-corrected chi connectivity index (χ1v) is 8.95. The van der Waals surface area contributed by atoms with Crippen LogP contribution in [0.3, 0.4) is 0 Å². The smallest absolute Gasteiger partial charge is 0.261 e. The molecule has 2 aromatic heterocycles. The molecule has 0 saturated heterocycles. The molecule has 0 aliphatic heterocycles. The van der Waals surface area contributed by atoms with Crippen LogP contribution >= 0.6 is 11.3 Å². The van der Waals surface area contributed by atoms with Gasteiger partial charge in [-0.3, -0.25) is 14.2 Å². The zero-order chi connectivity index (χ0) is 18.3. The highest BCUT2D eigenvalue weighted by Crippen LogP contribution is 2.30. The molecule has 0 bridgehead atoms. The topological polar surface area (TPSA) is 76.9 Å². The number of hydrogen-bond acceptors (Lipinski definition) is 5. The zero-order valence-electron chi connectivity index (χ0n) is 14.3. The van der Waals surface area contributed by atoms with Gasteiger partial charge in [-0.2, -0.15) is 0 Å². The number of benzene rings is 2. The van der Waals surface area contributed by atoms with Gasteiger partial charge in [0.25, 0.3) is 5.56 Å². The highest BCUT2D eigenvalue weighted by molar-refractivity contribution is 7.22. The van der Waals surface area contributed by atoms with E-state index < -0.39 is 0 Å². The quantitative estimate of drug-likeness (QED) is 0.605. The van der Waals surface area contributed by atoms with Gasteiger partial charge in [0, 0.05) is 0 Å². The van der Waals surface area contributed by atoms with E-state index in [1.807, 2.05) is 32.0 Å². The van der Waals surface area contributed by atoms with Gasteiger partial charge in [0.2, 0.25) is 5.91 Å². The van der Waals surface area contributed by atoms with Crippen LogP contribution in [0.1, 0.15) is 11.1 Å². The lowest BCUT2D eigenvalue weighted by molar-refractivity contribution is -0.116. The molecule has 4 aromatic rings. The van der Waals surface area contributed by atoms with Crippen LogP contribution in [0.4, 0.5) is 5.13 Å². The number of hydrogen-bond donors (Lipinski definition) is 1. The Morgan fingerprint density at radius 2 is 1.92 bits per heavy atom. The molecule has 2 aromatic carbocycles. The summed E-state index contributed by atoms with van der Waals surface area (Å²) in [4.78, 5) is 33.6. The van der Waals surface area contributed by atoms with Gasteiger partial charge in [-0.15, -0.1) is 0 Å². The first kappa shape index (κ1) is 16.4. The summed E-state index contributed by atoms with van der Waals surface area (Å²) in [5.41, 5.74) is 3.47. The molecule has 130 valence electrons. The molecule has 0 radical (unpaired) electrons. The Morgan fingerprint density at radius 1 is 1.15 bits per heavy atom. The van der Waals surface area contributed by atoms with E-state index in [2.05, 4.69) is 15.3 Å². The number of carbonyl (C=O) groups excluding carboxylic acids is 1. The van der Waals surface area contributed by atoms with Crippen molar-refractivity contribution in [3.05, 3.63) is 64.2 Å². The van der Waals surface area contributed by atoms with E-state index in [-0.39, 0.29) is 18.0 Å². The second-order valence-electron chi connectivity index (χ2n) is 6.14. The third kappa shape index (κ3) is 2.86. The summed E-state index contributed by atoms with van der Waals surface area (Å²) in [7, 11) is 0. The fraction of sp³-hybridized carbons (Fsp3) is 0.158. The number of rotatable bonds is 3. The maximum Gasteiger partial charge on any atom is 0.261 e. The Kier molecular flexibility index (Phi) is 4.00. The highest BCUT2D eigenvalue weighted by atomic mass is 32.1. The van der Waals surface area contributed by atoms with Gasteiger partial charge < -0.3 is 5.32 Å².